The van der Waals surface area contributed by atoms with Crippen molar-refractivity contribution >= 4 is 44.6 Å². The predicted octanol–water partition coefficient (Wildman–Crippen LogP) is 3.51. The molecule has 5 rings (SSSR count). The van der Waals surface area contributed by atoms with Gasteiger partial charge in [-0.15, -0.1) is 0 Å². The first kappa shape index (κ1) is 21.5. The largest absolute Gasteiger partial charge is 0.497 e. The van der Waals surface area contributed by atoms with Crippen LogP contribution in [0.2, 0.25) is 5.02 Å². The van der Waals surface area contributed by atoms with E-state index < -0.39 is 32.3 Å². The molecule has 2 heterocycles. The highest BCUT2D eigenvalue weighted by Gasteiger charge is 2.69. The first-order valence-electron chi connectivity index (χ1n) is 10.1. The Morgan fingerprint density at radius 2 is 1.64 bits per heavy atom. The number of nitrogens with zero attached hydrogens (tertiary/aromatic N) is 2. The number of ether oxygens (including phenoxy) is 1. The molecule has 2 amide bonds. The lowest BCUT2D eigenvalue weighted by atomic mass is 10.0. The third-order valence-corrected chi connectivity index (χ3v) is 8.36. The average Bonchev–Trinajstić information content (AvgIpc) is 3.18. The Kier molecular flexibility index (Phi) is 4.95. The molecule has 2 aliphatic heterocycles. The third-order valence-electron chi connectivity index (χ3n) is 6.01. The maximum absolute atomic E-state index is 14.0. The van der Waals surface area contributed by atoms with E-state index in [9.17, 15) is 18.0 Å². The number of rotatable bonds is 4. The molecule has 1 saturated heterocycles. The topological polar surface area (TPSA) is 84.0 Å². The van der Waals surface area contributed by atoms with Crippen LogP contribution < -0.4 is 14.5 Å². The summed E-state index contributed by atoms with van der Waals surface area (Å²) in [4.78, 5) is 27.5. The van der Waals surface area contributed by atoms with E-state index in [-0.39, 0.29) is 12.1 Å². The van der Waals surface area contributed by atoms with Crippen LogP contribution in [0.3, 0.4) is 0 Å². The van der Waals surface area contributed by atoms with Gasteiger partial charge in [0.2, 0.25) is 5.91 Å². The van der Waals surface area contributed by atoms with Crippen LogP contribution in [0.25, 0.3) is 0 Å². The molecule has 0 bridgehead atoms. The van der Waals surface area contributed by atoms with Gasteiger partial charge in [0.1, 0.15) is 11.5 Å². The molecule has 3 aromatic carbocycles. The van der Waals surface area contributed by atoms with Gasteiger partial charge in [0.15, 0.2) is 9.84 Å². The number of para-hydroxylation sites is 1. The molecule has 9 heteroatoms. The fourth-order valence-corrected chi connectivity index (χ4v) is 6.71. The quantitative estimate of drug-likeness (QED) is 0.568. The molecule has 168 valence electrons. The Balaban J connectivity index is 1.70. The molecule has 33 heavy (non-hydrogen) atoms. The van der Waals surface area contributed by atoms with Crippen LogP contribution in [0.5, 0.6) is 5.75 Å². The third kappa shape index (κ3) is 3.05. The summed E-state index contributed by atoms with van der Waals surface area (Å²) in [6.45, 7) is 0.134. The van der Waals surface area contributed by atoms with Gasteiger partial charge in [-0.2, -0.15) is 0 Å². The fourth-order valence-electron chi connectivity index (χ4n) is 4.55. The van der Waals surface area contributed by atoms with Gasteiger partial charge in [0, 0.05) is 16.3 Å². The van der Waals surface area contributed by atoms with Gasteiger partial charge in [0.25, 0.3) is 10.8 Å². The van der Waals surface area contributed by atoms with E-state index in [1.807, 2.05) is 0 Å². The minimum absolute atomic E-state index is 0.134. The van der Waals surface area contributed by atoms with Crippen molar-refractivity contribution in [2.45, 2.75) is 11.4 Å². The van der Waals surface area contributed by atoms with Gasteiger partial charge in [-0.25, -0.2) is 8.42 Å². The number of carbonyl (C=O) groups is 2. The lowest BCUT2D eigenvalue weighted by Crippen LogP contribution is -2.54. The van der Waals surface area contributed by atoms with Crippen LogP contribution in [0.4, 0.5) is 11.4 Å². The van der Waals surface area contributed by atoms with Gasteiger partial charge in [0.05, 0.1) is 19.3 Å². The minimum Gasteiger partial charge on any atom is -0.497 e. The van der Waals surface area contributed by atoms with E-state index in [1.165, 1.54) is 12.0 Å². The molecular formula is C24H19ClN2O5S. The van der Waals surface area contributed by atoms with Crippen molar-refractivity contribution in [3.63, 3.8) is 0 Å². The molecule has 1 unspecified atom stereocenters. The van der Waals surface area contributed by atoms with E-state index in [4.69, 9.17) is 16.3 Å². The number of halogens is 1. The van der Waals surface area contributed by atoms with Crippen molar-refractivity contribution in [2.24, 2.45) is 0 Å². The molecule has 1 spiro atoms. The Labute approximate surface area is 196 Å². The number of hydrogen-bond donors (Lipinski definition) is 0. The standard InChI is InChI=1S/C24H19ClN2O5S/c1-32-19-12-10-18(11-13-19)27-22(28)15-33(30,31)24(27)20-4-2-3-5-21(20)26(23(24)29)14-16-6-8-17(25)9-7-16/h2-13H,14-15H2,1H3. The lowest BCUT2D eigenvalue weighted by molar-refractivity contribution is -0.123. The molecule has 0 aliphatic carbocycles. The molecule has 3 aromatic rings. The molecule has 0 aromatic heterocycles. The number of anilines is 2. The van der Waals surface area contributed by atoms with Crippen LogP contribution in [-0.4, -0.2) is 33.1 Å². The number of benzene rings is 3. The van der Waals surface area contributed by atoms with Crippen LogP contribution in [0.15, 0.2) is 72.8 Å². The zero-order valence-corrected chi connectivity index (χ0v) is 19.1. The van der Waals surface area contributed by atoms with Crippen molar-refractivity contribution in [3.8, 4) is 5.75 Å². The highest BCUT2D eigenvalue weighted by Crippen LogP contribution is 2.52. The van der Waals surface area contributed by atoms with Crippen molar-refractivity contribution in [1.82, 2.24) is 0 Å². The Hall–Kier alpha value is -3.36. The monoisotopic (exact) mass is 482 g/mol. The van der Waals surface area contributed by atoms with E-state index >= 15 is 0 Å². The number of amides is 2. The first-order valence-corrected chi connectivity index (χ1v) is 12.2. The summed E-state index contributed by atoms with van der Waals surface area (Å²) in [7, 11) is -2.70. The second kappa shape index (κ2) is 7.60. The smallest absolute Gasteiger partial charge is 0.274 e. The number of fused-ring (bicyclic) bond motifs is 2. The zero-order valence-electron chi connectivity index (χ0n) is 17.6. The second-order valence-electron chi connectivity index (χ2n) is 7.87. The molecule has 0 radical (unpaired) electrons. The Morgan fingerprint density at radius 3 is 2.30 bits per heavy atom. The number of methoxy groups -OCH3 is 1. The zero-order chi connectivity index (χ0) is 23.4. The maximum atomic E-state index is 14.0. The summed E-state index contributed by atoms with van der Waals surface area (Å²) in [5.74, 6) is -1.55. The summed E-state index contributed by atoms with van der Waals surface area (Å²) in [5.41, 5.74) is 1.80. The molecule has 1 fully saturated rings. The number of carbonyl (C=O) groups excluding carboxylic acids is 2. The Morgan fingerprint density at radius 1 is 0.970 bits per heavy atom. The molecule has 0 N–H and O–H groups in total. The van der Waals surface area contributed by atoms with Crippen molar-refractivity contribution in [3.05, 3.63) is 88.9 Å². The predicted molar refractivity (Wildman–Crippen MR) is 125 cm³/mol. The summed E-state index contributed by atoms with van der Waals surface area (Å²) >= 11 is 5.99. The lowest BCUT2D eigenvalue weighted by Gasteiger charge is -2.32. The first-order chi connectivity index (χ1) is 15.8. The molecule has 7 nitrogen and oxygen atoms in total. The molecular weight excluding hydrogens is 464 g/mol. The van der Waals surface area contributed by atoms with E-state index in [1.54, 1.807) is 72.8 Å². The fraction of sp³-hybridized carbons (Fsp3) is 0.167. The molecule has 1 atom stereocenters. The van der Waals surface area contributed by atoms with Crippen molar-refractivity contribution in [1.29, 1.82) is 0 Å². The van der Waals surface area contributed by atoms with Gasteiger partial charge >= 0.3 is 0 Å². The van der Waals surface area contributed by atoms with E-state index in [0.717, 1.165) is 10.5 Å². The van der Waals surface area contributed by atoms with Gasteiger partial charge in [-0.05, 0) is 48.0 Å². The highest BCUT2D eigenvalue weighted by molar-refractivity contribution is 7.94. The summed E-state index contributed by atoms with van der Waals surface area (Å²) < 4.78 is 32.3. The van der Waals surface area contributed by atoms with Crippen molar-refractivity contribution < 1.29 is 22.7 Å². The van der Waals surface area contributed by atoms with E-state index in [2.05, 4.69) is 0 Å². The van der Waals surface area contributed by atoms with Gasteiger partial charge in [-0.3, -0.25) is 14.5 Å². The second-order valence-corrected chi connectivity index (χ2v) is 10.4. The number of sulfone groups is 1. The normalized spacial score (nSPS) is 21.0. The van der Waals surface area contributed by atoms with Crippen LogP contribution in [-0.2, 0) is 30.8 Å². The van der Waals surface area contributed by atoms with Crippen LogP contribution >= 0.6 is 11.6 Å². The maximum Gasteiger partial charge on any atom is 0.274 e. The summed E-state index contributed by atoms with van der Waals surface area (Å²) in [5, 5.41) is 0.554. The highest BCUT2D eigenvalue weighted by atomic mass is 35.5. The molecule has 0 saturated carbocycles. The van der Waals surface area contributed by atoms with Crippen molar-refractivity contribution in [2.75, 3.05) is 22.7 Å². The van der Waals surface area contributed by atoms with E-state index in [0.29, 0.717) is 22.1 Å². The van der Waals surface area contributed by atoms with Gasteiger partial charge < -0.3 is 9.64 Å². The average molecular weight is 483 g/mol. The minimum atomic E-state index is -4.21. The van der Waals surface area contributed by atoms with Gasteiger partial charge in [-0.1, -0.05) is 41.9 Å². The van der Waals surface area contributed by atoms with Crippen LogP contribution in [0.1, 0.15) is 11.1 Å². The molecule has 2 aliphatic rings. The summed E-state index contributed by atoms with van der Waals surface area (Å²) in [6.07, 6.45) is 0. The summed E-state index contributed by atoms with van der Waals surface area (Å²) in [6, 6.07) is 20.1. The number of hydrogen-bond acceptors (Lipinski definition) is 5. The van der Waals surface area contributed by atoms with Crippen LogP contribution in [0, 0.1) is 0 Å². The Bertz CT molecular complexity index is 1370. The SMILES string of the molecule is COc1ccc(N2C(=O)CS(=O)(=O)C23C(=O)N(Cc2ccc(Cl)cc2)c2ccccc23)cc1.